The SMILES string of the molecule is CC1CC(=O)Nc2ccccc2N1C(=O)CN(C)Cc1ccccc1N1CCCCC1. The molecule has 0 spiro atoms. The summed E-state index contributed by atoms with van der Waals surface area (Å²) in [4.78, 5) is 31.9. The molecule has 0 aromatic heterocycles. The first-order valence-electron chi connectivity index (χ1n) is 11.3. The fourth-order valence-electron chi connectivity index (χ4n) is 4.71. The summed E-state index contributed by atoms with van der Waals surface area (Å²) >= 11 is 0. The summed E-state index contributed by atoms with van der Waals surface area (Å²) in [5.41, 5.74) is 4.00. The second-order valence-corrected chi connectivity index (χ2v) is 8.73. The normalized spacial score (nSPS) is 19.1. The predicted octanol–water partition coefficient (Wildman–Crippen LogP) is 3.87. The molecule has 1 atom stereocenters. The van der Waals surface area contributed by atoms with E-state index in [-0.39, 0.29) is 17.9 Å². The van der Waals surface area contributed by atoms with Gasteiger partial charge in [0.25, 0.3) is 0 Å². The number of hydrogen-bond acceptors (Lipinski definition) is 4. The average molecular weight is 421 g/mol. The van der Waals surface area contributed by atoms with Gasteiger partial charge in [0.2, 0.25) is 11.8 Å². The molecule has 1 N–H and O–H groups in total. The quantitative estimate of drug-likeness (QED) is 0.798. The molecular weight excluding hydrogens is 388 g/mol. The van der Waals surface area contributed by atoms with Crippen molar-refractivity contribution in [1.82, 2.24) is 4.90 Å². The molecule has 2 aromatic rings. The van der Waals surface area contributed by atoms with Gasteiger partial charge in [0, 0.05) is 37.8 Å². The van der Waals surface area contributed by atoms with Crippen LogP contribution in [0.15, 0.2) is 48.5 Å². The highest BCUT2D eigenvalue weighted by Crippen LogP contribution is 2.31. The lowest BCUT2D eigenvalue weighted by molar-refractivity contribution is -0.120. The molecule has 0 radical (unpaired) electrons. The molecule has 6 nitrogen and oxygen atoms in total. The Labute approximate surface area is 184 Å². The molecule has 31 heavy (non-hydrogen) atoms. The number of para-hydroxylation sites is 3. The lowest BCUT2D eigenvalue weighted by atomic mass is 10.1. The van der Waals surface area contributed by atoms with Crippen LogP contribution in [-0.2, 0) is 16.1 Å². The standard InChI is InChI=1S/C25H32N4O2/c1-19-16-24(30)26-21-11-5-7-13-23(21)29(19)25(31)18-27(2)17-20-10-4-6-12-22(20)28-14-8-3-9-15-28/h4-7,10-13,19H,3,8-9,14-18H2,1-2H3,(H,26,30). The van der Waals surface area contributed by atoms with Gasteiger partial charge in [-0.15, -0.1) is 0 Å². The number of piperidine rings is 1. The first kappa shape index (κ1) is 21.4. The summed E-state index contributed by atoms with van der Waals surface area (Å²) in [7, 11) is 1.99. The van der Waals surface area contributed by atoms with Crippen molar-refractivity contribution >= 4 is 28.9 Å². The van der Waals surface area contributed by atoms with Gasteiger partial charge in [0.15, 0.2) is 0 Å². The number of carbonyl (C=O) groups excluding carboxylic acids is 2. The highest BCUT2D eigenvalue weighted by atomic mass is 16.2. The van der Waals surface area contributed by atoms with Crippen LogP contribution in [-0.4, -0.2) is 49.4 Å². The van der Waals surface area contributed by atoms with Crippen molar-refractivity contribution < 1.29 is 9.59 Å². The number of amides is 2. The molecule has 4 rings (SSSR count). The van der Waals surface area contributed by atoms with Crippen LogP contribution in [0.4, 0.5) is 17.1 Å². The molecule has 0 saturated carbocycles. The summed E-state index contributed by atoms with van der Waals surface area (Å²) in [6.07, 6.45) is 4.07. The zero-order valence-corrected chi connectivity index (χ0v) is 18.5. The number of fused-ring (bicyclic) bond motifs is 1. The molecule has 2 aliphatic heterocycles. The van der Waals surface area contributed by atoms with E-state index in [1.54, 1.807) is 4.90 Å². The Morgan fingerprint density at radius 2 is 1.71 bits per heavy atom. The number of nitrogens with zero attached hydrogens (tertiary/aromatic N) is 3. The van der Waals surface area contributed by atoms with Crippen molar-refractivity contribution in [3.63, 3.8) is 0 Å². The van der Waals surface area contributed by atoms with E-state index in [0.717, 1.165) is 18.8 Å². The minimum atomic E-state index is -0.190. The number of benzene rings is 2. The highest BCUT2D eigenvalue weighted by molar-refractivity contribution is 6.04. The van der Waals surface area contributed by atoms with Crippen LogP contribution in [0.1, 0.15) is 38.2 Å². The summed E-state index contributed by atoms with van der Waals surface area (Å²) in [5, 5.41) is 2.92. The van der Waals surface area contributed by atoms with Crippen LogP contribution in [0.5, 0.6) is 0 Å². The van der Waals surface area contributed by atoms with Gasteiger partial charge in [-0.3, -0.25) is 14.5 Å². The fraction of sp³-hybridized carbons (Fsp3) is 0.440. The van der Waals surface area contributed by atoms with Gasteiger partial charge < -0.3 is 15.1 Å². The lowest BCUT2D eigenvalue weighted by Crippen LogP contribution is -2.44. The van der Waals surface area contributed by atoms with E-state index in [0.29, 0.717) is 25.2 Å². The fourth-order valence-corrected chi connectivity index (χ4v) is 4.71. The molecule has 2 heterocycles. The summed E-state index contributed by atoms with van der Waals surface area (Å²) in [6.45, 7) is 5.14. The van der Waals surface area contributed by atoms with E-state index in [9.17, 15) is 9.59 Å². The Kier molecular flexibility index (Phi) is 6.56. The van der Waals surface area contributed by atoms with Gasteiger partial charge in [-0.1, -0.05) is 30.3 Å². The van der Waals surface area contributed by atoms with Gasteiger partial charge in [-0.2, -0.15) is 0 Å². The van der Waals surface area contributed by atoms with E-state index < -0.39 is 0 Å². The maximum atomic E-state index is 13.4. The smallest absolute Gasteiger partial charge is 0.241 e. The maximum Gasteiger partial charge on any atom is 0.241 e. The van der Waals surface area contributed by atoms with Crippen molar-refractivity contribution in [1.29, 1.82) is 0 Å². The molecular formula is C25H32N4O2. The molecule has 0 bridgehead atoms. The number of nitrogens with one attached hydrogen (secondary N) is 1. The van der Waals surface area contributed by atoms with Gasteiger partial charge in [0.1, 0.15) is 0 Å². The minimum absolute atomic E-state index is 0.00871. The van der Waals surface area contributed by atoms with Crippen molar-refractivity contribution in [3.05, 3.63) is 54.1 Å². The Balaban J connectivity index is 1.49. The Morgan fingerprint density at radius 1 is 1.03 bits per heavy atom. The van der Waals surface area contributed by atoms with Crippen LogP contribution in [0.25, 0.3) is 0 Å². The van der Waals surface area contributed by atoms with Crippen LogP contribution in [0.2, 0.25) is 0 Å². The van der Waals surface area contributed by atoms with Crippen LogP contribution < -0.4 is 15.1 Å². The molecule has 2 amide bonds. The largest absolute Gasteiger partial charge is 0.371 e. The third-order valence-corrected chi connectivity index (χ3v) is 6.16. The van der Waals surface area contributed by atoms with Crippen molar-refractivity contribution in [2.45, 2.75) is 45.2 Å². The second-order valence-electron chi connectivity index (χ2n) is 8.73. The topological polar surface area (TPSA) is 55.9 Å². The number of rotatable bonds is 5. The number of hydrogen-bond donors (Lipinski definition) is 1. The lowest BCUT2D eigenvalue weighted by Gasteiger charge is -2.32. The zero-order chi connectivity index (χ0) is 21.8. The third kappa shape index (κ3) is 4.90. The van der Waals surface area contributed by atoms with Crippen LogP contribution in [0.3, 0.4) is 0 Å². The van der Waals surface area contributed by atoms with Gasteiger partial charge in [0.05, 0.1) is 17.9 Å². The maximum absolute atomic E-state index is 13.4. The van der Waals surface area contributed by atoms with Crippen LogP contribution >= 0.6 is 0 Å². The minimum Gasteiger partial charge on any atom is -0.371 e. The summed E-state index contributed by atoms with van der Waals surface area (Å²) in [6, 6.07) is 15.9. The molecule has 6 heteroatoms. The van der Waals surface area contributed by atoms with E-state index in [1.165, 1.54) is 30.5 Å². The number of carbonyl (C=O) groups is 2. The van der Waals surface area contributed by atoms with E-state index in [4.69, 9.17) is 0 Å². The number of anilines is 3. The van der Waals surface area contributed by atoms with Crippen molar-refractivity contribution in [2.24, 2.45) is 0 Å². The molecule has 164 valence electrons. The van der Waals surface area contributed by atoms with Crippen molar-refractivity contribution in [2.75, 3.05) is 41.8 Å². The molecule has 1 fully saturated rings. The first-order valence-corrected chi connectivity index (χ1v) is 11.3. The third-order valence-electron chi connectivity index (χ3n) is 6.16. The van der Waals surface area contributed by atoms with E-state index in [2.05, 4.69) is 39.4 Å². The van der Waals surface area contributed by atoms with Crippen LogP contribution in [0, 0.1) is 0 Å². The molecule has 2 aromatic carbocycles. The Bertz CT molecular complexity index is 939. The Hall–Kier alpha value is -2.86. The summed E-state index contributed by atoms with van der Waals surface area (Å²) < 4.78 is 0. The zero-order valence-electron chi connectivity index (χ0n) is 18.5. The Morgan fingerprint density at radius 3 is 2.48 bits per heavy atom. The molecule has 1 unspecified atom stereocenters. The van der Waals surface area contributed by atoms with E-state index >= 15 is 0 Å². The monoisotopic (exact) mass is 420 g/mol. The summed E-state index contributed by atoms with van der Waals surface area (Å²) in [5.74, 6) is -0.0477. The highest BCUT2D eigenvalue weighted by Gasteiger charge is 2.30. The van der Waals surface area contributed by atoms with Gasteiger partial charge in [-0.05, 0) is 57.0 Å². The average Bonchev–Trinajstić information content (AvgIpc) is 2.88. The van der Waals surface area contributed by atoms with Crippen molar-refractivity contribution in [3.8, 4) is 0 Å². The molecule has 0 aliphatic carbocycles. The number of likely N-dealkylation sites (N-methyl/N-ethyl adjacent to an activating group) is 1. The molecule has 2 aliphatic rings. The van der Waals surface area contributed by atoms with E-state index in [1.807, 2.05) is 38.2 Å². The van der Waals surface area contributed by atoms with Gasteiger partial charge >= 0.3 is 0 Å². The first-order chi connectivity index (χ1) is 15.0. The predicted molar refractivity (Wildman–Crippen MR) is 125 cm³/mol. The van der Waals surface area contributed by atoms with Gasteiger partial charge in [-0.25, -0.2) is 0 Å². The second kappa shape index (κ2) is 9.52. The molecule has 1 saturated heterocycles.